The van der Waals surface area contributed by atoms with Crippen LogP contribution in [0.5, 0.6) is 0 Å². The van der Waals surface area contributed by atoms with Gasteiger partial charge in [0.15, 0.2) is 5.13 Å². The Morgan fingerprint density at radius 1 is 1.59 bits per heavy atom. The van der Waals surface area contributed by atoms with Gasteiger partial charge >= 0.3 is 6.09 Å². The molecule has 1 aromatic carbocycles. The van der Waals surface area contributed by atoms with Gasteiger partial charge in [0.1, 0.15) is 6.61 Å². The number of anilines is 1. The molecule has 3 N–H and O–H groups in total. The molecular weight excluding hydrogens is 262 g/mol. The van der Waals surface area contributed by atoms with E-state index in [1.807, 2.05) is 12.1 Å². The molecule has 5 nitrogen and oxygen atoms in total. The van der Waals surface area contributed by atoms with E-state index in [4.69, 9.17) is 17.3 Å². The van der Waals surface area contributed by atoms with E-state index in [0.717, 1.165) is 15.3 Å². The third-order valence-corrected chi connectivity index (χ3v) is 3.20. The molecule has 1 amide bonds. The highest BCUT2D eigenvalue weighted by atomic mass is 35.5. The molecule has 1 aromatic heterocycles. The fourth-order valence-corrected chi connectivity index (χ4v) is 2.32. The van der Waals surface area contributed by atoms with Crippen molar-refractivity contribution in [2.45, 2.75) is 0 Å². The number of halogens is 1. The van der Waals surface area contributed by atoms with Crippen molar-refractivity contribution >= 4 is 44.4 Å². The fourth-order valence-electron chi connectivity index (χ4n) is 1.29. The van der Waals surface area contributed by atoms with Crippen LogP contribution in [0, 0.1) is 0 Å². The molecular formula is C10H10ClN3O2S. The molecule has 0 aliphatic carbocycles. The van der Waals surface area contributed by atoms with Crippen molar-refractivity contribution in [3.8, 4) is 0 Å². The Kier molecular flexibility index (Phi) is 3.65. The second kappa shape index (κ2) is 5.20. The van der Waals surface area contributed by atoms with Crippen LogP contribution in [0.25, 0.3) is 10.2 Å². The Labute approximate surface area is 107 Å². The number of amides is 1. The first kappa shape index (κ1) is 11.9. The van der Waals surface area contributed by atoms with Crippen LogP contribution < -0.4 is 11.1 Å². The van der Waals surface area contributed by atoms with Gasteiger partial charge in [-0.3, -0.25) is 0 Å². The van der Waals surface area contributed by atoms with Gasteiger partial charge < -0.3 is 15.8 Å². The molecule has 1 heterocycles. The summed E-state index contributed by atoms with van der Waals surface area (Å²) in [4.78, 5) is 14.7. The Morgan fingerprint density at radius 3 is 3.18 bits per heavy atom. The molecule has 0 radical (unpaired) electrons. The van der Waals surface area contributed by atoms with E-state index < -0.39 is 6.09 Å². The number of rotatable bonds is 4. The lowest BCUT2D eigenvalue weighted by Crippen LogP contribution is -2.18. The number of nitrogens with two attached hydrogens (primary N) is 1. The van der Waals surface area contributed by atoms with Gasteiger partial charge in [-0.25, -0.2) is 9.78 Å². The van der Waals surface area contributed by atoms with E-state index in [1.54, 1.807) is 6.07 Å². The molecule has 90 valence electrons. The Morgan fingerprint density at radius 2 is 2.41 bits per heavy atom. The van der Waals surface area contributed by atoms with Crippen LogP contribution in [-0.2, 0) is 4.74 Å². The monoisotopic (exact) mass is 271 g/mol. The zero-order chi connectivity index (χ0) is 12.3. The van der Waals surface area contributed by atoms with Crippen molar-refractivity contribution in [2.75, 3.05) is 18.5 Å². The van der Waals surface area contributed by atoms with Crippen molar-refractivity contribution in [3.05, 3.63) is 23.2 Å². The molecule has 7 heteroatoms. The average Bonchev–Trinajstić information content (AvgIpc) is 2.66. The lowest BCUT2D eigenvalue weighted by molar-refractivity contribution is 0.161. The molecule has 0 fully saturated rings. The summed E-state index contributed by atoms with van der Waals surface area (Å²) in [7, 11) is 0. The molecule has 0 aliphatic rings. The van der Waals surface area contributed by atoms with Crippen LogP contribution in [-0.4, -0.2) is 24.2 Å². The first-order valence-corrected chi connectivity index (χ1v) is 6.07. The number of hydrogen-bond acceptors (Lipinski definition) is 5. The number of nitrogens with zero attached hydrogens (tertiary/aromatic N) is 1. The molecule has 0 unspecified atom stereocenters. The highest BCUT2D eigenvalue weighted by Gasteiger charge is 2.03. The summed E-state index contributed by atoms with van der Waals surface area (Å²) in [6.45, 7) is 0.683. The fraction of sp³-hybridized carbons (Fsp3) is 0.200. The molecule has 2 aromatic rings. The predicted molar refractivity (Wildman–Crippen MR) is 68.7 cm³/mol. The van der Waals surface area contributed by atoms with Crippen LogP contribution in [0.1, 0.15) is 0 Å². The number of carbonyl (C=O) groups excluding carboxylic acids is 1. The number of thiazole rings is 1. The molecule has 0 spiro atoms. The normalized spacial score (nSPS) is 10.4. The summed E-state index contributed by atoms with van der Waals surface area (Å²) in [5.41, 5.74) is 5.68. The highest BCUT2D eigenvalue weighted by Crippen LogP contribution is 2.27. The van der Waals surface area contributed by atoms with Gasteiger partial charge in [-0.2, -0.15) is 0 Å². The van der Waals surface area contributed by atoms with E-state index in [-0.39, 0.29) is 6.61 Å². The van der Waals surface area contributed by atoms with Gasteiger partial charge in [0.2, 0.25) is 0 Å². The van der Waals surface area contributed by atoms with Gasteiger partial charge in [0.05, 0.1) is 16.8 Å². The van der Waals surface area contributed by atoms with Gasteiger partial charge in [0.25, 0.3) is 0 Å². The first-order valence-electron chi connectivity index (χ1n) is 4.87. The number of aromatic nitrogens is 1. The summed E-state index contributed by atoms with van der Waals surface area (Å²) in [5, 5.41) is 4.46. The summed E-state index contributed by atoms with van der Waals surface area (Å²) in [6, 6.07) is 5.54. The van der Waals surface area contributed by atoms with Crippen molar-refractivity contribution in [3.63, 3.8) is 0 Å². The van der Waals surface area contributed by atoms with Crippen molar-refractivity contribution in [1.29, 1.82) is 0 Å². The maximum Gasteiger partial charge on any atom is 0.404 e. The molecule has 0 aliphatic heterocycles. The zero-order valence-corrected chi connectivity index (χ0v) is 10.3. The van der Waals surface area contributed by atoms with E-state index in [9.17, 15) is 4.79 Å². The van der Waals surface area contributed by atoms with E-state index in [2.05, 4.69) is 15.0 Å². The SMILES string of the molecule is NC(=O)OCCNc1nc2cc(Cl)ccc2s1. The number of carbonyl (C=O) groups is 1. The number of primary amides is 1. The number of hydrogen-bond donors (Lipinski definition) is 2. The third-order valence-electron chi connectivity index (χ3n) is 1.97. The standard InChI is InChI=1S/C10H10ClN3O2S/c11-6-1-2-8-7(5-6)14-10(17-8)13-3-4-16-9(12)15/h1-2,5H,3-4H2,(H2,12,15)(H,13,14). The molecule has 0 saturated heterocycles. The second-order valence-electron chi connectivity index (χ2n) is 3.23. The van der Waals surface area contributed by atoms with Crippen molar-refractivity contribution in [1.82, 2.24) is 4.98 Å². The van der Waals surface area contributed by atoms with Gasteiger partial charge in [-0.15, -0.1) is 0 Å². The Balaban J connectivity index is 1.97. The topological polar surface area (TPSA) is 77.2 Å². The minimum absolute atomic E-state index is 0.214. The minimum Gasteiger partial charge on any atom is -0.448 e. The first-order chi connectivity index (χ1) is 8.15. The molecule has 2 rings (SSSR count). The van der Waals surface area contributed by atoms with Crippen LogP contribution in [0.2, 0.25) is 5.02 Å². The maximum absolute atomic E-state index is 10.3. The summed E-state index contributed by atoms with van der Waals surface area (Å²) >= 11 is 7.37. The quantitative estimate of drug-likeness (QED) is 0.838. The molecule has 0 atom stereocenters. The average molecular weight is 272 g/mol. The number of fused-ring (bicyclic) bond motifs is 1. The van der Waals surface area contributed by atoms with Crippen LogP contribution in [0.15, 0.2) is 18.2 Å². The van der Waals surface area contributed by atoms with E-state index in [0.29, 0.717) is 11.6 Å². The third kappa shape index (κ3) is 3.21. The number of ether oxygens (including phenoxy) is 1. The van der Waals surface area contributed by atoms with Crippen LogP contribution in [0.3, 0.4) is 0 Å². The van der Waals surface area contributed by atoms with E-state index >= 15 is 0 Å². The summed E-state index contributed by atoms with van der Waals surface area (Å²) in [5.74, 6) is 0. The summed E-state index contributed by atoms with van der Waals surface area (Å²) in [6.07, 6.45) is -0.775. The lowest BCUT2D eigenvalue weighted by Gasteiger charge is -2.01. The molecule has 0 bridgehead atoms. The van der Waals surface area contributed by atoms with Crippen molar-refractivity contribution in [2.24, 2.45) is 5.73 Å². The number of nitrogens with one attached hydrogen (secondary N) is 1. The van der Waals surface area contributed by atoms with Gasteiger partial charge in [-0.05, 0) is 18.2 Å². The Hall–Kier alpha value is -1.53. The van der Waals surface area contributed by atoms with Gasteiger partial charge in [0, 0.05) is 5.02 Å². The zero-order valence-electron chi connectivity index (χ0n) is 8.77. The molecule has 17 heavy (non-hydrogen) atoms. The summed E-state index contributed by atoms with van der Waals surface area (Å²) < 4.78 is 5.64. The minimum atomic E-state index is -0.775. The van der Waals surface area contributed by atoms with Crippen LogP contribution >= 0.6 is 22.9 Å². The largest absolute Gasteiger partial charge is 0.448 e. The lowest BCUT2D eigenvalue weighted by atomic mass is 10.3. The van der Waals surface area contributed by atoms with E-state index in [1.165, 1.54) is 11.3 Å². The highest BCUT2D eigenvalue weighted by molar-refractivity contribution is 7.22. The smallest absolute Gasteiger partial charge is 0.404 e. The second-order valence-corrected chi connectivity index (χ2v) is 4.69. The van der Waals surface area contributed by atoms with Crippen molar-refractivity contribution < 1.29 is 9.53 Å². The van der Waals surface area contributed by atoms with Gasteiger partial charge in [-0.1, -0.05) is 22.9 Å². The predicted octanol–water partition coefficient (Wildman–Crippen LogP) is 2.46. The Bertz CT molecular complexity index is 543. The number of benzene rings is 1. The van der Waals surface area contributed by atoms with Crippen LogP contribution in [0.4, 0.5) is 9.93 Å². The maximum atomic E-state index is 10.3. The molecule has 0 saturated carbocycles.